The average molecular weight is 314 g/mol. The second-order valence-corrected chi connectivity index (χ2v) is 5.15. The van der Waals surface area contributed by atoms with Gasteiger partial charge in [0.25, 0.3) is 5.69 Å². The van der Waals surface area contributed by atoms with Crippen LogP contribution < -0.4 is 4.90 Å². The molecule has 2 aromatic rings. The summed E-state index contributed by atoms with van der Waals surface area (Å²) >= 11 is 0. The first-order valence-electron chi connectivity index (χ1n) is 7.08. The molecular formula is C16H18N4O3. The topological polar surface area (TPSA) is 91.3 Å². The van der Waals surface area contributed by atoms with E-state index < -0.39 is 4.92 Å². The van der Waals surface area contributed by atoms with Crippen LogP contribution in [-0.2, 0) is 6.42 Å². The summed E-state index contributed by atoms with van der Waals surface area (Å²) in [5.41, 5.74) is 3.23. The average Bonchev–Trinajstić information content (AvgIpc) is 2.53. The van der Waals surface area contributed by atoms with Crippen molar-refractivity contribution in [3.05, 3.63) is 58.1 Å². The van der Waals surface area contributed by atoms with Crippen molar-refractivity contribution in [2.24, 2.45) is 10.2 Å². The highest BCUT2D eigenvalue weighted by molar-refractivity contribution is 5.59. The molecule has 0 amide bonds. The van der Waals surface area contributed by atoms with Crippen LogP contribution in [0.5, 0.6) is 0 Å². The van der Waals surface area contributed by atoms with Crippen LogP contribution in [0.3, 0.4) is 0 Å². The molecule has 1 N–H and O–H groups in total. The summed E-state index contributed by atoms with van der Waals surface area (Å²) < 4.78 is 0. The molecule has 0 heterocycles. The van der Waals surface area contributed by atoms with E-state index >= 15 is 0 Å². The van der Waals surface area contributed by atoms with Crippen LogP contribution in [0.1, 0.15) is 5.56 Å². The largest absolute Gasteiger partial charge is 0.396 e. The van der Waals surface area contributed by atoms with Crippen LogP contribution in [0.4, 0.5) is 22.7 Å². The predicted molar refractivity (Wildman–Crippen MR) is 88.8 cm³/mol. The van der Waals surface area contributed by atoms with Crippen LogP contribution in [0.2, 0.25) is 0 Å². The summed E-state index contributed by atoms with van der Waals surface area (Å²) in [6.07, 6.45) is 0.536. The summed E-state index contributed by atoms with van der Waals surface area (Å²) in [7, 11) is 3.88. The van der Waals surface area contributed by atoms with E-state index in [1.54, 1.807) is 12.1 Å². The number of nitro groups is 1. The number of non-ortho nitro benzene ring substituents is 1. The quantitative estimate of drug-likeness (QED) is 0.501. The van der Waals surface area contributed by atoms with Gasteiger partial charge in [-0.25, -0.2) is 0 Å². The van der Waals surface area contributed by atoms with Crippen molar-refractivity contribution in [2.45, 2.75) is 6.42 Å². The van der Waals surface area contributed by atoms with Crippen molar-refractivity contribution in [3.63, 3.8) is 0 Å². The van der Waals surface area contributed by atoms with E-state index in [1.165, 1.54) is 12.1 Å². The molecule has 0 saturated heterocycles. The van der Waals surface area contributed by atoms with Gasteiger partial charge in [0, 0.05) is 38.5 Å². The van der Waals surface area contributed by atoms with Gasteiger partial charge in [0.15, 0.2) is 0 Å². The van der Waals surface area contributed by atoms with E-state index in [-0.39, 0.29) is 12.3 Å². The fraction of sp³-hybridized carbons (Fsp3) is 0.250. The SMILES string of the molecule is CN(C)c1ccc(N=Nc2ccc([N+](=O)[O-])cc2)cc1CCO. The Morgan fingerprint density at radius 1 is 1.09 bits per heavy atom. The third-order valence-electron chi connectivity index (χ3n) is 3.27. The number of rotatable bonds is 6. The Morgan fingerprint density at radius 2 is 1.70 bits per heavy atom. The second kappa shape index (κ2) is 7.46. The van der Waals surface area contributed by atoms with Gasteiger partial charge in [0.1, 0.15) is 0 Å². The van der Waals surface area contributed by atoms with Crippen LogP contribution in [-0.4, -0.2) is 30.7 Å². The van der Waals surface area contributed by atoms with Crippen molar-refractivity contribution in [1.29, 1.82) is 0 Å². The second-order valence-electron chi connectivity index (χ2n) is 5.15. The minimum Gasteiger partial charge on any atom is -0.396 e. The van der Waals surface area contributed by atoms with E-state index in [1.807, 2.05) is 37.2 Å². The first-order chi connectivity index (χ1) is 11.0. The van der Waals surface area contributed by atoms with Gasteiger partial charge in [-0.1, -0.05) is 0 Å². The molecule has 0 radical (unpaired) electrons. The molecule has 0 aliphatic carbocycles. The highest BCUT2D eigenvalue weighted by Crippen LogP contribution is 2.27. The maximum atomic E-state index is 10.6. The molecule has 0 aliphatic heterocycles. The molecule has 0 atom stereocenters. The standard InChI is InChI=1S/C16H18N4O3/c1-19(2)16-8-5-14(11-12(16)9-10-21)18-17-13-3-6-15(7-4-13)20(22)23/h3-8,11,21H,9-10H2,1-2H3. The summed E-state index contributed by atoms with van der Waals surface area (Å²) in [4.78, 5) is 12.1. The Kier molecular flexibility index (Phi) is 5.37. The summed E-state index contributed by atoms with van der Waals surface area (Å²) in [6.45, 7) is 0.0593. The Hall–Kier alpha value is -2.80. The maximum Gasteiger partial charge on any atom is 0.269 e. The number of aliphatic hydroxyl groups excluding tert-OH is 1. The van der Waals surface area contributed by atoms with Crippen molar-refractivity contribution in [1.82, 2.24) is 0 Å². The van der Waals surface area contributed by atoms with E-state index in [4.69, 9.17) is 5.11 Å². The van der Waals surface area contributed by atoms with Gasteiger partial charge in [-0.05, 0) is 42.3 Å². The van der Waals surface area contributed by atoms with Crippen LogP contribution in [0.25, 0.3) is 0 Å². The van der Waals surface area contributed by atoms with Gasteiger partial charge >= 0.3 is 0 Å². The maximum absolute atomic E-state index is 10.6. The first-order valence-corrected chi connectivity index (χ1v) is 7.08. The molecule has 0 aromatic heterocycles. The molecule has 7 nitrogen and oxygen atoms in total. The van der Waals surface area contributed by atoms with Crippen molar-refractivity contribution in [3.8, 4) is 0 Å². The van der Waals surface area contributed by atoms with E-state index in [9.17, 15) is 10.1 Å². The molecule has 0 fully saturated rings. The predicted octanol–water partition coefficient (Wildman–Crippen LogP) is 3.61. The van der Waals surface area contributed by atoms with Gasteiger partial charge < -0.3 is 10.0 Å². The van der Waals surface area contributed by atoms with E-state index in [0.717, 1.165) is 11.3 Å². The number of azo groups is 1. The lowest BCUT2D eigenvalue weighted by Crippen LogP contribution is -2.11. The summed E-state index contributed by atoms with van der Waals surface area (Å²) in [5, 5.41) is 28.0. The van der Waals surface area contributed by atoms with Crippen LogP contribution in [0.15, 0.2) is 52.7 Å². The fourth-order valence-electron chi connectivity index (χ4n) is 2.15. The van der Waals surface area contributed by atoms with Gasteiger partial charge in [-0.2, -0.15) is 10.2 Å². The highest BCUT2D eigenvalue weighted by Gasteiger charge is 2.06. The summed E-state index contributed by atoms with van der Waals surface area (Å²) in [5.74, 6) is 0. The Labute approximate surface area is 134 Å². The number of nitrogens with zero attached hydrogens (tertiary/aromatic N) is 4. The fourth-order valence-corrected chi connectivity index (χ4v) is 2.15. The van der Waals surface area contributed by atoms with E-state index in [2.05, 4.69) is 10.2 Å². The van der Waals surface area contributed by atoms with Crippen molar-refractivity contribution < 1.29 is 10.0 Å². The zero-order chi connectivity index (χ0) is 16.8. The Morgan fingerprint density at radius 3 is 2.26 bits per heavy atom. The molecular weight excluding hydrogens is 296 g/mol. The number of benzene rings is 2. The molecule has 2 aromatic carbocycles. The Balaban J connectivity index is 2.21. The smallest absolute Gasteiger partial charge is 0.269 e. The lowest BCUT2D eigenvalue weighted by atomic mass is 10.1. The molecule has 0 bridgehead atoms. The molecule has 2 rings (SSSR count). The molecule has 120 valence electrons. The normalized spacial score (nSPS) is 10.9. The number of aliphatic hydroxyl groups is 1. The highest BCUT2D eigenvalue weighted by atomic mass is 16.6. The third-order valence-corrected chi connectivity index (χ3v) is 3.27. The van der Waals surface area contributed by atoms with Crippen molar-refractivity contribution >= 4 is 22.7 Å². The molecule has 0 aliphatic rings. The molecule has 0 spiro atoms. The zero-order valence-corrected chi connectivity index (χ0v) is 13.0. The van der Waals surface area contributed by atoms with Crippen LogP contribution in [0, 0.1) is 10.1 Å². The molecule has 7 heteroatoms. The van der Waals surface area contributed by atoms with Gasteiger partial charge in [0.2, 0.25) is 0 Å². The third kappa shape index (κ3) is 4.33. The number of anilines is 1. The van der Waals surface area contributed by atoms with Crippen LogP contribution >= 0.6 is 0 Å². The number of hydrogen-bond donors (Lipinski definition) is 1. The van der Waals surface area contributed by atoms with E-state index in [0.29, 0.717) is 17.8 Å². The molecule has 23 heavy (non-hydrogen) atoms. The monoisotopic (exact) mass is 314 g/mol. The minimum absolute atomic E-state index is 0.0181. The molecule has 0 saturated carbocycles. The Bertz CT molecular complexity index is 712. The molecule has 0 unspecified atom stereocenters. The lowest BCUT2D eigenvalue weighted by molar-refractivity contribution is -0.384. The first kappa shape index (κ1) is 16.6. The van der Waals surface area contributed by atoms with Gasteiger partial charge in [0.05, 0.1) is 16.3 Å². The van der Waals surface area contributed by atoms with Crippen molar-refractivity contribution in [2.75, 3.05) is 25.6 Å². The number of hydrogen-bond acceptors (Lipinski definition) is 6. The zero-order valence-electron chi connectivity index (χ0n) is 13.0. The van der Waals surface area contributed by atoms with Gasteiger partial charge in [-0.15, -0.1) is 0 Å². The van der Waals surface area contributed by atoms with Gasteiger partial charge in [-0.3, -0.25) is 10.1 Å². The summed E-state index contributed by atoms with van der Waals surface area (Å²) in [6, 6.07) is 11.5. The number of nitro benzene ring substituents is 1. The lowest BCUT2D eigenvalue weighted by Gasteiger charge is -2.17. The minimum atomic E-state index is -0.456.